The Bertz CT molecular complexity index is 734. The first-order chi connectivity index (χ1) is 11.5. The molecule has 0 unspecified atom stereocenters. The topological polar surface area (TPSA) is 64.9 Å². The van der Waals surface area contributed by atoms with Gasteiger partial charge in [-0.3, -0.25) is 4.79 Å². The van der Waals surface area contributed by atoms with Crippen LogP contribution in [-0.4, -0.2) is 18.0 Å². The molecule has 2 N–H and O–H groups in total. The number of nitrogens with zero attached hydrogens (tertiary/aromatic N) is 1. The summed E-state index contributed by atoms with van der Waals surface area (Å²) >= 11 is 0. The number of benzene rings is 2. The van der Waals surface area contributed by atoms with Crippen LogP contribution in [0.4, 0.5) is 5.69 Å². The number of carbonyl (C=O) groups excluding carboxylic acids is 1. The lowest BCUT2D eigenvalue weighted by Crippen LogP contribution is -2.50. The molecule has 0 aliphatic carbocycles. The molecule has 0 radical (unpaired) electrons. The summed E-state index contributed by atoms with van der Waals surface area (Å²) in [6.45, 7) is 5.70. The summed E-state index contributed by atoms with van der Waals surface area (Å²) in [5.41, 5.74) is 2.16. The molecule has 124 valence electrons. The number of hydrogen-bond acceptors (Lipinski definition) is 3. The van der Waals surface area contributed by atoms with Gasteiger partial charge in [0.25, 0.3) is 0 Å². The van der Waals surface area contributed by atoms with Crippen molar-refractivity contribution in [3.8, 4) is 17.2 Å². The second-order valence-corrected chi connectivity index (χ2v) is 6.28. The van der Waals surface area contributed by atoms with E-state index in [1.54, 1.807) is 6.92 Å². The fourth-order valence-electron chi connectivity index (χ4n) is 2.32. The lowest BCUT2D eigenvalue weighted by Gasteiger charge is -2.27. The van der Waals surface area contributed by atoms with Crippen molar-refractivity contribution in [1.29, 1.82) is 5.26 Å². The Morgan fingerprint density at radius 2 is 1.75 bits per heavy atom. The molecule has 1 atom stereocenters. The Morgan fingerprint density at radius 3 is 2.38 bits per heavy atom. The van der Waals surface area contributed by atoms with E-state index in [4.69, 9.17) is 0 Å². The zero-order valence-electron chi connectivity index (χ0n) is 14.3. The van der Waals surface area contributed by atoms with E-state index >= 15 is 0 Å². The number of amides is 1. The molecule has 4 heteroatoms. The molecule has 0 aliphatic rings. The molecule has 1 amide bonds. The van der Waals surface area contributed by atoms with E-state index in [1.807, 2.05) is 68.4 Å². The Hall–Kier alpha value is -2.80. The molecule has 0 spiro atoms. The molecule has 0 saturated carbocycles. The van der Waals surface area contributed by atoms with Gasteiger partial charge in [0.2, 0.25) is 5.91 Å². The van der Waals surface area contributed by atoms with Gasteiger partial charge in [-0.1, -0.05) is 62.4 Å². The summed E-state index contributed by atoms with van der Waals surface area (Å²) < 4.78 is 0. The van der Waals surface area contributed by atoms with Gasteiger partial charge in [-0.15, -0.1) is 0 Å². The molecular formula is C20H23N3O. The lowest BCUT2D eigenvalue weighted by molar-refractivity contribution is -0.121. The summed E-state index contributed by atoms with van der Waals surface area (Å²) in [6.07, 6.45) is 0. The highest BCUT2D eigenvalue weighted by atomic mass is 16.2. The predicted molar refractivity (Wildman–Crippen MR) is 97.4 cm³/mol. The maximum absolute atomic E-state index is 12.2. The summed E-state index contributed by atoms with van der Waals surface area (Å²) in [7, 11) is 0. The number of para-hydroxylation sites is 1. The second kappa shape index (κ2) is 7.65. The van der Waals surface area contributed by atoms with Gasteiger partial charge in [-0.2, -0.15) is 5.26 Å². The van der Waals surface area contributed by atoms with Gasteiger partial charge < -0.3 is 10.6 Å². The van der Waals surface area contributed by atoms with Crippen LogP contribution in [0.15, 0.2) is 54.6 Å². The van der Waals surface area contributed by atoms with E-state index < -0.39 is 5.54 Å². The highest BCUT2D eigenvalue weighted by Crippen LogP contribution is 2.27. The minimum Gasteiger partial charge on any atom is -0.376 e. The fourth-order valence-corrected chi connectivity index (χ4v) is 2.32. The monoisotopic (exact) mass is 321 g/mol. The van der Waals surface area contributed by atoms with Crippen LogP contribution in [0.2, 0.25) is 0 Å². The van der Waals surface area contributed by atoms with Gasteiger partial charge in [0.05, 0.1) is 12.6 Å². The van der Waals surface area contributed by atoms with Crippen molar-refractivity contribution in [3.63, 3.8) is 0 Å². The van der Waals surface area contributed by atoms with E-state index in [2.05, 4.69) is 16.7 Å². The summed E-state index contributed by atoms with van der Waals surface area (Å²) in [5, 5.41) is 15.3. The zero-order chi connectivity index (χ0) is 17.6. The molecule has 0 bridgehead atoms. The van der Waals surface area contributed by atoms with Gasteiger partial charge in [0.1, 0.15) is 5.54 Å². The van der Waals surface area contributed by atoms with Crippen molar-refractivity contribution in [2.75, 3.05) is 11.9 Å². The summed E-state index contributed by atoms with van der Waals surface area (Å²) in [4.78, 5) is 12.2. The molecule has 0 aromatic heterocycles. The minimum atomic E-state index is -0.863. The van der Waals surface area contributed by atoms with Crippen molar-refractivity contribution in [3.05, 3.63) is 54.6 Å². The summed E-state index contributed by atoms with van der Waals surface area (Å²) in [6, 6.07) is 20.1. The SMILES string of the molecule is CC(C)[C@](C)(C#N)NC(=O)CNc1ccccc1-c1ccccc1. The molecular weight excluding hydrogens is 298 g/mol. The average Bonchev–Trinajstić information content (AvgIpc) is 2.60. The number of anilines is 1. The molecule has 0 saturated heterocycles. The molecule has 4 nitrogen and oxygen atoms in total. The number of hydrogen-bond donors (Lipinski definition) is 2. The molecule has 0 fully saturated rings. The van der Waals surface area contributed by atoms with Crippen LogP contribution in [0, 0.1) is 17.2 Å². The number of rotatable bonds is 6. The third-order valence-corrected chi connectivity index (χ3v) is 4.24. The maximum atomic E-state index is 12.2. The first kappa shape index (κ1) is 17.6. The van der Waals surface area contributed by atoms with Crippen molar-refractivity contribution >= 4 is 11.6 Å². The highest BCUT2D eigenvalue weighted by Gasteiger charge is 2.29. The molecule has 24 heavy (non-hydrogen) atoms. The number of carbonyl (C=O) groups is 1. The fraction of sp³-hybridized carbons (Fsp3) is 0.300. The van der Waals surface area contributed by atoms with Crippen molar-refractivity contribution in [2.24, 2.45) is 5.92 Å². The third-order valence-electron chi connectivity index (χ3n) is 4.24. The maximum Gasteiger partial charge on any atom is 0.240 e. The number of nitrogens with one attached hydrogen (secondary N) is 2. The largest absolute Gasteiger partial charge is 0.376 e. The normalized spacial score (nSPS) is 13.0. The van der Waals surface area contributed by atoms with Crippen LogP contribution >= 0.6 is 0 Å². The van der Waals surface area contributed by atoms with Crippen molar-refractivity contribution in [2.45, 2.75) is 26.3 Å². The van der Waals surface area contributed by atoms with Crippen molar-refractivity contribution in [1.82, 2.24) is 5.32 Å². The molecule has 2 rings (SSSR count). The second-order valence-electron chi connectivity index (χ2n) is 6.28. The Kier molecular flexibility index (Phi) is 5.59. The van der Waals surface area contributed by atoms with Crippen LogP contribution in [0.1, 0.15) is 20.8 Å². The third kappa shape index (κ3) is 4.14. The van der Waals surface area contributed by atoms with E-state index in [-0.39, 0.29) is 18.4 Å². The van der Waals surface area contributed by atoms with Crippen LogP contribution in [0.5, 0.6) is 0 Å². The smallest absolute Gasteiger partial charge is 0.240 e. The van der Waals surface area contributed by atoms with Gasteiger partial charge in [-0.25, -0.2) is 0 Å². The van der Waals surface area contributed by atoms with E-state index in [9.17, 15) is 10.1 Å². The van der Waals surface area contributed by atoms with Crippen LogP contribution in [-0.2, 0) is 4.79 Å². The van der Waals surface area contributed by atoms with Crippen molar-refractivity contribution < 1.29 is 4.79 Å². The standard InChI is InChI=1S/C20H23N3O/c1-15(2)20(3,14-21)23-19(24)13-22-18-12-8-7-11-17(18)16-9-5-4-6-10-16/h4-12,15,22H,13H2,1-3H3,(H,23,24)/t20-/m0/s1. The van der Waals surface area contributed by atoms with Crippen LogP contribution in [0.25, 0.3) is 11.1 Å². The first-order valence-corrected chi connectivity index (χ1v) is 8.07. The zero-order valence-corrected chi connectivity index (χ0v) is 14.3. The quantitative estimate of drug-likeness (QED) is 0.850. The van der Waals surface area contributed by atoms with Gasteiger partial charge in [0, 0.05) is 11.3 Å². The number of nitriles is 1. The Labute approximate surface area is 143 Å². The lowest BCUT2D eigenvalue weighted by atomic mass is 9.90. The van der Waals surface area contributed by atoms with Gasteiger partial charge in [-0.05, 0) is 24.5 Å². The van der Waals surface area contributed by atoms with E-state index in [1.165, 1.54) is 0 Å². The van der Waals surface area contributed by atoms with Gasteiger partial charge >= 0.3 is 0 Å². The Balaban J connectivity index is 2.08. The Morgan fingerprint density at radius 1 is 1.12 bits per heavy atom. The summed E-state index contributed by atoms with van der Waals surface area (Å²) in [5.74, 6) is -0.168. The highest BCUT2D eigenvalue weighted by molar-refractivity contribution is 5.85. The molecule has 2 aromatic rings. The van der Waals surface area contributed by atoms with E-state index in [0.29, 0.717) is 0 Å². The molecule has 0 heterocycles. The van der Waals surface area contributed by atoms with Crippen LogP contribution in [0.3, 0.4) is 0 Å². The predicted octanol–water partition coefficient (Wildman–Crippen LogP) is 3.82. The van der Waals surface area contributed by atoms with Gasteiger partial charge in [0.15, 0.2) is 0 Å². The van der Waals surface area contributed by atoms with E-state index in [0.717, 1.165) is 16.8 Å². The molecule has 2 aromatic carbocycles. The first-order valence-electron chi connectivity index (χ1n) is 8.07. The molecule has 0 aliphatic heterocycles. The minimum absolute atomic E-state index is 0.0306. The van der Waals surface area contributed by atoms with Crippen LogP contribution < -0.4 is 10.6 Å². The average molecular weight is 321 g/mol.